The Balaban J connectivity index is 2.28. The molecule has 0 radical (unpaired) electrons. The quantitative estimate of drug-likeness (QED) is 0.688. The molecule has 88 valence electrons. The van der Waals surface area contributed by atoms with Crippen LogP contribution in [0.15, 0.2) is 0 Å². The third-order valence-corrected chi connectivity index (χ3v) is 3.17. The van der Waals surface area contributed by atoms with Crippen molar-refractivity contribution in [2.75, 3.05) is 19.7 Å². The largest absolute Gasteiger partial charge is 0.396 e. The molecule has 0 aromatic rings. The van der Waals surface area contributed by atoms with Crippen molar-refractivity contribution in [2.24, 2.45) is 5.92 Å². The summed E-state index contributed by atoms with van der Waals surface area (Å²) >= 11 is 0. The van der Waals surface area contributed by atoms with Gasteiger partial charge in [-0.25, -0.2) is 0 Å². The standard InChI is InChI=1S/C11H22N2O2/c1-4-8(2)12-11(15)9(3)13-5-10(6-13)7-14/h8-10,14H,4-7H2,1-3H3,(H,12,15). The molecule has 0 spiro atoms. The molecule has 1 rings (SSSR count). The van der Waals surface area contributed by atoms with Crippen LogP contribution in [0, 0.1) is 5.92 Å². The SMILES string of the molecule is CCC(C)NC(=O)C(C)N1CC(CO)C1. The van der Waals surface area contributed by atoms with E-state index in [2.05, 4.69) is 17.1 Å². The fourth-order valence-electron chi connectivity index (χ4n) is 1.67. The Morgan fingerprint density at radius 1 is 1.53 bits per heavy atom. The first-order valence-electron chi connectivity index (χ1n) is 5.73. The molecule has 4 heteroatoms. The molecule has 0 saturated carbocycles. The van der Waals surface area contributed by atoms with Gasteiger partial charge >= 0.3 is 0 Å². The van der Waals surface area contributed by atoms with E-state index in [-0.39, 0.29) is 24.6 Å². The molecule has 0 aliphatic carbocycles. The van der Waals surface area contributed by atoms with Crippen LogP contribution in [-0.2, 0) is 4.79 Å². The third kappa shape index (κ3) is 3.18. The summed E-state index contributed by atoms with van der Waals surface area (Å²) in [5.74, 6) is 0.463. The Kier molecular flexibility index (Phi) is 4.54. The number of nitrogens with zero attached hydrogens (tertiary/aromatic N) is 1. The Morgan fingerprint density at radius 3 is 2.60 bits per heavy atom. The highest BCUT2D eigenvalue weighted by Gasteiger charge is 2.32. The van der Waals surface area contributed by atoms with Crippen LogP contribution in [-0.4, -0.2) is 47.7 Å². The van der Waals surface area contributed by atoms with Gasteiger partial charge in [-0.2, -0.15) is 0 Å². The number of nitrogens with one attached hydrogen (secondary N) is 1. The smallest absolute Gasteiger partial charge is 0.237 e. The van der Waals surface area contributed by atoms with Crippen molar-refractivity contribution < 1.29 is 9.90 Å². The summed E-state index contributed by atoms with van der Waals surface area (Å²) in [5.41, 5.74) is 0. The maximum absolute atomic E-state index is 11.7. The maximum atomic E-state index is 11.7. The summed E-state index contributed by atoms with van der Waals surface area (Å²) in [4.78, 5) is 13.8. The van der Waals surface area contributed by atoms with Crippen LogP contribution in [0.1, 0.15) is 27.2 Å². The third-order valence-electron chi connectivity index (χ3n) is 3.17. The van der Waals surface area contributed by atoms with Gasteiger partial charge in [0.15, 0.2) is 0 Å². The lowest BCUT2D eigenvalue weighted by Crippen LogP contribution is -2.57. The number of rotatable bonds is 5. The van der Waals surface area contributed by atoms with Crippen molar-refractivity contribution in [3.8, 4) is 0 Å². The van der Waals surface area contributed by atoms with E-state index in [1.54, 1.807) is 0 Å². The predicted molar refractivity (Wildman–Crippen MR) is 59.5 cm³/mol. The fourth-order valence-corrected chi connectivity index (χ4v) is 1.67. The number of hydrogen-bond donors (Lipinski definition) is 2. The highest BCUT2D eigenvalue weighted by Crippen LogP contribution is 2.17. The van der Waals surface area contributed by atoms with E-state index in [4.69, 9.17) is 5.11 Å². The van der Waals surface area contributed by atoms with Gasteiger partial charge in [0.1, 0.15) is 0 Å². The summed E-state index contributed by atoms with van der Waals surface area (Å²) in [7, 11) is 0. The van der Waals surface area contributed by atoms with Gasteiger partial charge in [-0.1, -0.05) is 6.92 Å². The molecule has 1 aliphatic heterocycles. The number of aliphatic hydroxyl groups is 1. The molecule has 1 aliphatic rings. The number of amides is 1. The van der Waals surface area contributed by atoms with Gasteiger partial charge in [0.05, 0.1) is 6.04 Å². The molecule has 2 unspecified atom stereocenters. The normalized spacial score (nSPS) is 21.9. The minimum atomic E-state index is -0.0678. The van der Waals surface area contributed by atoms with Crippen LogP contribution in [0.25, 0.3) is 0 Å². The molecule has 2 N–H and O–H groups in total. The van der Waals surface area contributed by atoms with Gasteiger partial charge in [-0.3, -0.25) is 9.69 Å². The van der Waals surface area contributed by atoms with Crippen LogP contribution < -0.4 is 5.32 Å². The van der Waals surface area contributed by atoms with E-state index in [1.165, 1.54) is 0 Å². The number of likely N-dealkylation sites (tertiary alicyclic amines) is 1. The second kappa shape index (κ2) is 5.47. The summed E-state index contributed by atoms with van der Waals surface area (Å²) in [6.45, 7) is 7.90. The van der Waals surface area contributed by atoms with Gasteiger partial charge in [-0.15, -0.1) is 0 Å². The van der Waals surface area contributed by atoms with Crippen LogP contribution in [0.5, 0.6) is 0 Å². The second-order valence-corrected chi connectivity index (χ2v) is 4.50. The predicted octanol–water partition coefficient (Wildman–Crippen LogP) is 0.214. The molecule has 2 atom stereocenters. The molecule has 15 heavy (non-hydrogen) atoms. The Bertz CT molecular complexity index is 215. The van der Waals surface area contributed by atoms with E-state index in [1.807, 2.05) is 13.8 Å². The van der Waals surface area contributed by atoms with E-state index >= 15 is 0 Å². The van der Waals surface area contributed by atoms with E-state index in [0.717, 1.165) is 19.5 Å². The average molecular weight is 214 g/mol. The summed E-state index contributed by atoms with van der Waals surface area (Å²) in [6.07, 6.45) is 0.956. The minimum Gasteiger partial charge on any atom is -0.396 e. The summed E-state index contributed by atoms with van der Waals surface area (Å²) in [6, 6.07) is 0.177. The molecule has 1 amide bonds. The minimum absolute atomic E-state index is 0.0678. The molecule has 0 bridgehead atoms. The van der Waals surface area contributed by atoms with E-state index < -0.39 is 0 Å². The average Bonchev–Trinajstić information content (AvgIpc) is 2.15. The van der Waals surface area contributed by atoms with Gasteiger partial charge in [-0.05, 0) is 20.3 Å². The summed E-state index contributed by atoms with van der Waals surface area (Å²) < 4.78 is 0. The van der Waals surface area contributed by atoms with Gasteiger partial charge in [0, 0.05) is 31.7 Å². The van der Waals surface area contributed by atoms with Gasteiger partial charge in [0.25, 0.3) is 0 Å². The topological polar surface area (TPSA) is 52.6 Å². The molecule has 1 fully saturated rings. The van der Waals surface area contributed by atoms with Gasteiger partial charge < -0.3 is 10.4 Å². The first kappa shape index (κ1) is 12.5. The molecule has 0 aromatic carbocycles. The summed E-state index contributed by atoms with van der Waals surface area (Å²) in [5, 5.41) is 11.8. The zero-order chi connectivity index (χ0) is 11.4. The molecule has 1 heterocycles. The number of aliphatic hydroxyl groups excluding tert-OH is 1. The van der Waals surface area contributed by atoms with Crippen LogP contribution in [0.3, 0.4) is 0 Å². The van der Waals surface area contributed by atoms with E-state index in [0.29, 0.717) is 5.92 Å². The van der Waals surface area contributed by atoms with Crippen molar-refractivity contribution in [3.63, 3.8) is 0 Å². The van der Waals surface area contributed by atoms with Crippen LogP contribution >= 0.6 is 0 Å². The first-order valence-corrected chi connectivity index (χ1v) is 5.73. The van der Waals surface area contributed by atoms with Crippen molar-refractivity contribution in [1.82, 2.24) is 10.2 Å². The lowest BCUT2D eigenvalue weighted by atomic mass is 9.99. The van der Waals surface area contributed by atoms with Crippen molar-refractivity contribution in [1.29, 1.82) is 0 Å². The number of carbonyl (C=O) groups excluding carboxylic acids is 1. The van der Waals surface area contributed by atoms with Crippen molar-refractivity contribution >= 4 is 5.91 Å². The molecule has 1 saturated heterocycles. The lowest BCUT2D eigenvalue weighted by Gasteiger charge is -2.41. The maximum Gasteiger partial charge on any atom is 0.237 e. The zero-order valence-electron chi connectivity index (χ0n) is 9.86. The van der Waals surface area contributed by atoms with E-state index in [9.17, 15) is 4.79 Å². The highest BCUT2D eigenvalue weighted by atomic mass is 16.3. The number of carbonyl (C=O) groups is 1. The Hall–Kier alpha value is -0.610. The fraction of sp³-hybridized carbons (Fsp3) is 0.909. The molecule has 4 nitrogen and oxygen atoms in total. The van der Waals surface area contributed by atoms with Gasteiger partial charge in [0.2, 0.25) is 5.91 Å². The molecule has 0 aromatic heterocycles. The van der Waals surface area contributed by atoms with Crippen LogP contribution in [0.4, 0.5) is 0 Å². The van der Waals surface area contributed by atoms with Crippen LogP contribution in [0.2, 0.25) is 0 Å². The van der Waals surface area contributed by atoms with Crippen molar-refractivity contribution in [2.45, 2.75) is 39.3 Å². The number of hydrogen-bond acceptors (Lipinski definition) is 3. The first-order chi connectivity index (χ1) is 7.08. The molecular weight excluding hydrogens is 192 g/mol. The Morgan fingerprint density at radius 2 is 2.13 bits per heavy atom. The monoisotopic (exact) mass is 214 g/mol. The highest BCUT2D eigenvalue weighted by molar-refractivity contribution is 5.81. The lowest BCUT2D eigenvalue weighted by molar-refractivity contribution is -0.129. The second-order valence-electron chi connectivity index (χ2n) is 4.50. The van der Waals surface area contributed by atoms with Crippen molar-refractivity contribution in [3.05, 3.63) is 0 Å². The Labute approximate surface area is 91.6 Å². The molecular formula is C11H22N2O2. The zero-order valence-corrected chi connectivity index (χ0v) is 9.86.